The second-order valence-corrected chi connectivity index (χ2v) is 4.60. The molecule has 0 spiro atoms. The summed E-state index contributed by atoms with van der Waals surface area (Å²) in [6, 6.07) is 10.0. The summed E-state index contributed by atoms with van der Waals surface area (Å²) >= 11 is 0. The molecule has 17 heavy (non-hydrogen) atoms. The van der Waals surface area contributed by atoms with Gasteiger partial charge in [-0.1, -0.05) is 30.3 Å². The van der Waals surface area contributed by atoms with E-state index >= 15 is 0 Å². The normalized spacial score (nSPS) is 32.2. The fraction of sp³-hybridized carbons (Fsp3) is 0.462. The Morgan fingerprint density at radius 3 is 2.82 bits per heavy atom. The summed E-state index contributed by atoms with van der Waals surface area (Å²) in [5.41, 5.74) is 1.16. The number of hydrogen-bond acceptors (Lipinski definition) is 2. The average molecular weight is 232 g/mol. The molecule has 90 valence electrons. The smallest absolute Gasteiger partial charge is 0.317 e. The molecule has 1 aromatic carbocycles. The number of nitrogens with one attached hydrogen (secondary N) is 2. The molecule has 3 atom stereocenters. The van der Waals surface area contributed by atoms with Gasteiger partial charge in [0.05, 0.1) is 6.04 Å². The van der Waals surface area contributed by atoms with E-state index in [2.05, 4.69) is 22.8 Å². The second-order valence-electron chi connectivity index (χ2n) is 4.60. The fourth-order valence-corrected chi connectivity index (χ4v) is 2.70. The molecule has 0 saturated carbocycles. The molecule has 0 aliphatic carbocycles. The average Bonchev–Trinajstić information content (AvgIpc) is 2.39. The van der Waals surface area contributed by atoms with Crippen molar-refractivity contribution in [2.45, 2.75) is 25.1 Å². The first-order chi connectivity index (χ1) is 8.34. The van der Waals surface area contributed by atoms with Crippen LogP contribution in [-0.4, -0.2) is 18.9 Å². The summed E-state index contributed by atoms with van der Waals surface area (Å²) in [7, 11) is 0. The van der Waals surface area contributed by atoms with Crippen molar-refractivity contribution in [1.29, 1.82) is 0 Å². The van der Waals surface area contributed by atoms with Crippen LogP contribution in [0.1, 0.15) is 24.4 Å². The van der Waals surface area contributed by atoms with Crippen molar-refractivity contribution < 1.29 is 9.53 Å². The molecule has 2 saturated heterocycles. The second kappa shape index (κ2) is 4.37. The first-order valence-corrected chi connectivity index (χ1v) is 6.08. The van der Waals surface area contributed by atoms with Gasteiger partial charge >= 0.3 is 6.03 Å². The number of carbonyl (C=O) groups excluding carboxylic acids is 1. The Morgan fingerprint density at radius 1 is 1.18 bits per heavy atom. The predicted octanol–water partition coefficient (Wildman–Crippen LogP) is 1.79. The maximum atomic E-state index is 11.6. The number of amides is 2. The van der Waals surface area contributed by atoms with Crippen molar-refractivity contribution in [2.24, 2.45) is 5.92 Å². The first kappa shape index (κ1) is 10.6. The molecule has 1 aromatic rings. The van der Waals surface area contributed by atoms with E-state index in [4.69, 9.17) is 4.74 Å². The lowest BCUT2D eigenvalue weighted by Gasteiger charge is -2.41. The van der Waals surface area contributed by atoms with Crippen LogP contribution in [0, 0.1) is 5.92 Å². The van der Waals surface area contributed by atoms with E-state index in [-0.39, 0.29) is 18.3 Å². The zero-order valence-corrected chi connectivity index (χ0v) is 9.56. The summed E-state index contributed by atoms with van der Waals surface area (Å²) in [5, 5.41) is 5.85. The molecule has 2 heterocycles. The lowest BCUT2D eigenvalue weighted by Crippen LogP contribution is -2.58. The Bertz CT molecular complexity index is 407. The molecular weight excluding hydrogens is 216 g/mol. The molecule has 3 rings (SSSR count). The van der Waals surface area contributed by atoms with Crippen LogP contribution in [0.25, 0.3) is 0 Å². The van der Waals surface area contributed by atoms with Crippen LogP contribution in [0.5, 0.6) is 0 Å². The van der Waals surface area contributed by atoms with Crippen LogP contribution in [0.4, 0.5) is 4.79 Å². The Hall–Kier alpha value is -1.55. The number of benzene rings is 1. The summed E-state index contributed by atoms with van der Waals surface area (Å²) in [6.45, 7) is 0.739. The molecule has 2 aliphatic heterocycles. The van der Waals surface area contributed by atoms with Gasteiger partial charge in [-0.2, -0.15) is 0 Å². The van der Waals surface area contributed by atoms with Crippen molar-refractivity contribution >= 4 is 6.03 Å². The van der Waals surface area contributed by atoms with Gasteiger partial charge in [-0.3, -0.25) is 0 Å². The van der Waals surface area contributed by atoms with Gasteiger partial charge < -0.3 is 15.4 Å². The molecule has 0 aromatic heterocycles. The molecular formula is C13H16N2O2. The number of rotatable bonds is 1. The summed E-state index contributed by atoms with van der Waals surface area (Å²) in [4.78, 5) is 11.6. The molecule has 0 unspecified atom stereocenters. The van der Waals surface area contributed by atoms with Crippen LogP contribution >= 0.6 is 0 Å². The highest BCUT2D eigenvalue weighted by Crippen LogP contribution is 2.34. The van der Waals surface area contributed by atoms with Gasteiger partial charge in [-0.15, -0.1) is 0 Å². The van der Waals surface area contributed by atoms with E-state index in [9.17, 15) is 4.79 Å². The van der Waals surface area contributed by atoms with Gasteiger partial charge in [0.15, 0.2) is 0 Å². The van der Waals surface area contributed by atoms with Gasteiger partial charge in [0, 0.05) is 12.5 Å². The summed E-state index contributed by atoms with van der Waals surface area (Å²) in [5.74, 6) is 0.323. The highest BCUT2D eigenvalue weighted by molar-refractivity contribution is 5.75. The molecule has 4 heteroatoms. The highest BCUT2D eigenvalue weighted by atomic mass is 16.5. The molecule has 4 nitrogen and oxygen atoms in total. The number of ether oxygens (including phenoxy) is 1. The van der Waals surface area contributed by atoms with E-state index in [1.54, 1.807) is 0 Å². The summed E-state index contributed by atoms with van der Waals surface area (Å²) < 4.78 is 5.63. The lowest BCUT2D eigenvalue weighted by molar-refractivity contribution is -0.0602. The van der Waals surface area contributed by atoms with Gasteiger partial charge in [0.2, 0.25) is 0 Å². The SMILES string of the molecule is O=C1N[C@H]2OCCC[C@H]2[C@H](c2ccccc2)N1. The first-order valence-electron chi connectivity index (χ1n) is 6.08. The van der Waals surface area contributed by atoms with E-state index in [0.29, 0.717) is 5.92 Å². The third-order valence-electron chi connectivity index (χ3n) is 3.51. The Kier molecular flexibility index (Phi) is 2.73. The van der Waals surface area contributed by atoms with E-state index in [1.165, 1.54) is 0 Å². The van der Waals surface area contributed by atoms with Gasteiger partial charge in [0.1, 0.15) is 6.23 Å². The van der Waals surface area contributed by atoms with Crippen molar-refractivity contribution in [1.82, 2.24) is 10.6 Å². The third-order valence-corrected chi connectivity index (χ3v) is 3.51. The Labute approximate surface area is 100 Å². The number of fused-ring (bicyclic) bond motifs is 1. The number of carbonyl (C=O) groups is 1. The number of hydrogen-bond donors (Lipinski definition) is 2. The predicted molar refractivity (Wildman–Crippen MR) is 63.3 cm³/mol. The van der Waals surface area contributed by atoms with E-state index < -0.39 is 0 Å². The maximum absolute atomic E-state index is 11.6. The van der Waals surface area contributed by atoms with E-state index in [0.717, 1.165) is 25.0 Å². The van der Waals surface area contributed by atoms with Crippen LogP contribution in [0.15, 0.2) is 30.3 Å². The Morgan fingerprint density at radius 2 is 2.00 bits per heavy atom. The van der Waals surface area contributed by atoms with Gasteiger partial charge in [-0.05, 0) is 18.4 Å². The minimum Gasteiger partial charge on any atom is -0.358 e. The molecule has 2 N–H and O–H groups in total. The standard InChI is InChI=1S/C13H16N2O2/c16-13-14-11(9-5-2-1-3-6-9)10-7-4-8-17-12(10)15-13/h1-3,5-6,10-12H,4,7-8H2,(H2,14,15,16)/t10-,11-,12-/m0/s1. The molecule has 0 radical (unpaired) electrons. The molecule has 2 amide bonds. The van der Waals surface area contributed by atoms with Crippen molar-refractivity contribution in [3.63, 3.8) is 0 Å². The third kappa shape index (κ3) is 2.00. The number of urea groups is 1. The molecule has 2 aliphatic rings. The zero-order chi connectivity index (χ0) is 11.7. The van der Waals surface area contributed by atoms with Crippen LogP contribution < -0.4 is 10.6 Å². The van der Waals surface area contributed by atoms with Crippen molar-refractivity contribution in [3.05, 3.63) is 35.9 Å². The van der Waals surface area contributed by atoms with Crippen LogP contribution in [0.3, 0.4) is 0 Å². The quantitative estimate of drug-likeness (QED) is 0.775. The van der Waals surface area contributed by atoms with Crippen molar-refractivity contribution in [3.8, 4) is 0 Å². The maximum Gasteiger partial charge on any atom is 0.317 e. The van der Waals surface area contributed by atoms with Gasteiger partial charge in [-0.25, -0.2) is 4.79 Å². The monoisotopic (exact) mass is 232 g/mol. The minimum atomic E-state index is -0.137. The lowest BCUT2D eigenvalue weighted by atomic mass is 9.85. The fourth-order valence-electron chi connectivity index (χ4n) is 2.70. The topological polar surface area (TPSA) is 50.4 Å². The van der Waals surface area contributed by atoms with Crippen LogP contribution in [0.2, 0.25) is 0 Å². The van der Waals surface area contributed by atoms with Crippen molar-refractivity contribution in [2.75, 3.05) is 6.61 Å². The van der Waals surface area contributed by atoms with Crippen LogP contribution in [-0.2, 0) is 4.74 Å². The Balaban J connectivity index is 1.88. The molecule has 2 fully saturated rings. The highest BCUT2D eigenvalue weighted by Gasteiger charge is 2.39. The largest absolute Gasteiger partial charge is 0.358 e. The van der Waals surface area contributed by atoms with Gasteiger partial charge in [0.25, 0.3) is 0 Å². The molecule has 0 bridgehead atoms. The summed E-state index contributed by atoms with van der Waals surface area (Å²) in [6.07, 6.45) is 2.00. The minimum absolute atomic E-state index is 0.0650. The zero-order valence-electron chi connectivity index (χ0n) is 9.56. The van der Waals surface area contributed by atoms with E-state index in [1.807, 2.05) is 18.2 Å².